The molecule has 140 valence electrons. The van der Waals surface area contributed by atoms with Crippen LogP contribution in [0.2, 0.25) is 0 Å². The van der Waals surface area contributed by atoms with Gasteiger partial charge in [-0.1, -0.05) is 0 Å². The Morgan fingerprint density at radius 3 is 2.32 bits per heavy atom. The molecule has 4 rings (SSSR count). The maximum atomic E-state index is 13.1. The molecule has 0 saturated heterocycles. The summed E-state index contributed by atoms with van der Waals surface area (Å²) in [6.07, 6.45) is 0. The van der Waals surface area contributed by atoms with Crippen LogP contribution >= 0.6 is 11.3 Å². The fraction of sp³-hybridized carbons (Fsp3) is 0.0526. The van der Waals surface area contributed by atoms with E-state index in [1.54, 1.807) is 36.6 Å². The molecule has 0 radical (unpaired) electrons. The predicted molar refractivity (Wildman–Crippen MR) is 102 cm³/mol. The maximum Gasteiger partial charge on any atom is 0.297 e. The molecular weight excluding hydrogens is 384 g/mol. The highest BCUT2D eigenvalue weighted by molar-refractivity contribution is 7.14. The molecule has 0 bridgehead atoms. The van der Waals surface area contributed by atoms with E-state index in [2.05, 4.69) is 20.4 Å². The number of nitrogens with zero attached hydrogens (tertiary/aromatic N) is 4. The quantitative estimate of drug-likeness (QED) is 0.559. The number of halogens is 2. The Bertz CT molecular complexity index is 1140. The van der Waals surface area contributed by atoms with Crippen LogP contribution in [0.1, 0.15) is 16.4 Å². The van der Waals surface area contributed by atoms with E-state index in [0.29, 0.717) is 22.3 Å². The first-order chi connectivity index (χ1) is 13.5. The van der Waals surface area contributed by atoms with Crippen LogP contribution in [-0.4, -0.2) is 25.7 Å². The Balaban J connectivity index is 1.52. The maximum absolute atomic E-state index is 13.1. The summed E-state index contributed by atoms with van der Waals surface area (Å²) in [5.41, 5.74) is 1.97. The van der Waals surface area contributed by atoms with Crippen LogP contribution in [0.4, 0.5) is 13.9 Å². The van der Waals surface area contributed by atoms with Crippen molar-refractivity contribution in [1.29, 1.82) is 0 Å². The molecule has 2 aromatic heterocycles. The molecule has 0 aliphatic rings. The summed E-state index contributed by atoms with van der Waals surface area (Å²) < 4.78 is 27.6. The van der Waals surface area contributed by atoms with Gasteiger partial charge in [0.25, 0.3) is 5.91 Å². The van der Waals surface area contributed by atoms with Crippen molar-refractivity contribution in [2.45, 2.75) is 6.92 Å². The lowest BCUT2D eigenvalue weighted by Crippen LogP contribution is -2.14. The molecule has 0 aliphatic carbocycles. The molecule has 0 atom stereocenters. The first-order valence-electron chi connectivity index (χ1n) is 8.22. The van der Waals surface area contributed by atoms with Crippen LogP contribution in [0, 0.1) is 18.6 Å². The number of hydrogen-bond donors (Lipinski definition) is 1. The molecule has 28 heavy (non-hydrogen) atoms. The van der Waals surface area contributed by atoms with Crippen LogP contribution in [0.5, 0.6) is 0 Å². The van der Waals surface area contributed by atoms with Crippen LogP contribution in [0.3, 0.4) is 0 Å². The Hall–Kier alpha value is -3.46. The van der Waals surface area contributed by atoms with Gasteiger partial charge in [0.05, 0.1) is 11.4 Å². The number of carbonyl (C=O) groups excluding carboxylic acids is 1. The van der Waals surface area contributed by atoms with Crippen molar-refractivity contribution in [1.82, 2.24) is 19.7 Å². The molecular formula is C19H13F2N5OS. The van der Waals surface area contributed by atoms with Crippen molar-refractivity contribution in [2.75, 3.05) is 5.32 Å². The Morgan fingerprint density at radius 1 is 1.00 bits per heavy atom. The number of benzene rings is 2. The van der Waals surface area contributed by atoms with Gasteiger partial charge in [-0.15, -0.1) is 16.4 Å². The van der Waals surface area contributed by atoms with Crippen molar-refractivity contribution >= 4 is 22.4 Å². The lowest BCUT2D eigenvalue weighted by molar-refractivity contribution is 0.101. The van der Waals surface area contributed by atoms with Gasteiger partial charge in [0, 0.05) is 10.9 Å². The summed E-state index contributed by atoms with van der Waals surface area (Å²) in [5, 5.41) is 8.98. The summed E-state index contributed by atoms with van der Waals surface area (Å²) in [6, 6.07) is 11.6. The smallest absolute Gasteiger partial charge is 0.295 e. The Labute approximate surface area is 162 Å². The number of hydrogen-bond acceptors (Lipinski definition) is 5. The van der Waals surface area contributed by atoms with Crippen molar-refractivity contribution in [3.63, 3.8) is 0 Å². The molecule has 0 spiro atoms. The number of amides is 1. The molecule has 0 saturated carbocycles. The zero-order valence-electron chi connectivity index (χ0n) is 14.6. The van der Waals surface area contributed by atoms with Crippen molar-refractivity contribution in [3.05, 3.63) is 77.2 Å². The minimum Gasteiger partial charge on any atom is -0.295 e. The fourth-order valence-electron chi connectivity index (χ4n) is 2.55. The lowest BCUT2D eigenvalue weighted by atomic mass is 10.2. The monoisotopic (exact) mass is 397 g/mol. The minimum atomic E-state index is -0.510. The molecule has 6 nitrogen and oxygen atoms in total. The van der Waals surface area contributed by atoms with Gasteiger partial charge >= 0.3 is 0 Å². The van der Waals surface area contributed by atoms with Crippen LogP contribution < -0.4 is 5.32 Å². The molecule has 0 fully saturated rings. The van der Waals surface area contributed by atoms with E-state index in [1.165, 1.54) is 40.3 Å². The third-order valence-corrected chi connectivity index (χ3v) is 4.67. The number of anilines is 1. The van der Waals surface area contributed by atoms with E-state index in [4.69, 9.17) is 0 Å². The van der Waals surface area contributed by atoms with Gasteiger partial charge in [0.15, 0.2) is 5.13 Å². The minimum absolute atomic E-state index is 0.0274. The molecule has 2 aromatic carbocycles. The number of aryl methyl sites for hydroxylation is 1. The fourth-order valence-corrected chi connectivity index (χ4v) is 3.27. The highest BCUT2D eigenvalue weighted by atomic mass is 32.1. The molecule has 0 unspecified atom stereocenters. The van der Waals surface area contributed by atoms with Crippen molar-refractivity contribution in [3.8, 4) is 16.9 Å². The van der Waals surface area contributed by atoms with Gasteiger partial charge in [-0.25, -0.2) is 23.4 Å². The molecule has 9 heteroatoms. The van der Waals surface area contributed by atoms with E-state index in [0.717, 1.165) is 5.56 Å². The van der Waals surface area contributed by atoms with E-state index >= 15 is 0 Å². The molecule has 4 aromatic rings. The lowest BCUT2D eigenvalue weighted by Gasteiger charge is -2.01. The third kappa shape index (κ3) is 3.65. The number of thiazole rings is 1. The van der Waals surface area contributed by atoms with Gasteiger partial charge < -0.3 is 0 Å². The van der Waals surface area contributed by atoms with Crippen LogP contribution in [0.15, 0.2) is 53.9 Å². The zero-order valence-corrected chi connectivity index (χ0v) is 15.4. The van der Waals surface area contributed by atoms with Crippen molar-refractivity contribution in [2.24, 2.45) is 0 Å². The molecule has 0 aliphatic heterocycles. The highest BCUT2D eigenvalue weighted by Gasteiger charge is 2.17. The van der Waals surface area contributed by atoms with E-state index in [9.17, 15) is 13.6 Å². The first kappa shape index (κ1) is 17.9. The SMILES string of the molecule is Cc1nc(C(=O)Nc2nc(-c3ccc(F)cc3)cs2)nn1-c1ccc(F)cc1. The Morgan fingerprint density at radius 2 is 1.64 bits per heavy atom. The number of nitrogens with one attached hydrogen (secondary N) is 1. The zero-order chi connectivity index (χ0) is 19.7. The normalized spacial score (nSPS) is 10.8. The largest absolute Gasteiger partial charge is 0.297 e. The summed E-state index contributed by atoms with van der Waals surface area (Å²) in [7, 11) is 0. The Kier molecular flexibility index (Phi) is 4.66. The second kappa shape index (κ2) is 7.28. The summed E-state index contributed by atoms with van der Waals surface area (Å²) in [5.74, 6) is -0.738. The van der Waals surface area contributed by atoms with Gasteiger partial charge in [-0.2, -0.15) is 0 Å². The topological polar surface area (TPSA) is 72.7 Å². The van der Waals surface area contributed by atoms with E-state index in [1.807, 2.05) is 0 Å². The number of aromatic nitrogens is 4. The van der Waals surface area contributed by atoms with E-state index in [-0.39, 0.29) is 17.5 Å². The standard InChI is InChI=1S/C19H13F2N5OS/c1-11-22-17(25-26(11)15-8-6-14(21)7-9-15)18(27)24-19-23-16(10-28-19)12-2-4-13(20)5-3-12/h2-10H,1H3,(H,23,24,27). The first-order valence-corrected chi connectivity index (χ1v) is 9.10. The van der Waals surface area contributed by atoms with Crippen LogP contribution in [-0.2, 0) is 0 Å². The average molecular weight is 397 g/mol. The third-order valence-electron chi connectivity index (χ3n) is 3.91. The van der Waals surface area contributed by atoms with E-state index < -0.39 is 5.91 Å². The molecule has 1 N–H and O–H groups in total. The summed E-state index contributed by atoms with van der Waals surface area (Å²) in [6.45, 7) is 1.70. The van der Waals surface area contributed by atoms with Gasteiger partial charge in [0.2, 0.25) is 5.82 Å². The number of carbonyl (C=O) groups is 1. The molecule has 1 amide bonds. The van der Waals surface area contributed by atoms with Gasteiger partial charge in [-0.3, -0.25) is 10.1 Å². The summed E-state index contributed by atoms with van der Waals surface area (Å²) in [4.78, 5) is 21.0. The number of rotatable bonds is 4. The van der Waals surface area contributed by atoms with Gasteiger partial charge in [-0.05, 0) is 55.5 Å². The highest BCUT2D eigenvalue weighted by Crippen LogP contribution is 2.25. The second-order valence-electron chi connectivity index (χ2n) is 5.87. The average Bonchev–Trinajstić information content (AvgIpc) is 3.30. The molecule has 2 heterocycles. The predicted octanol–water partition coefficient (Wildman–Crippen LogP) is 4.23. The summed E-state index contributed by atoms with van der Waals surface area (Å²) >= 11 is 1.24. The van der Waals surface area contributed by atoms with Crippen LogP contribution in [0.25, 0.3) is 16.9 Å². The second-order valence-corrected chi connectivity index (χ2v) is 6.73. The van der Waals surface area contributed by atoms with Gasteiger partial charge in [0.1, 0.15) is 17.5 Å². The van der Waals surface area contributed by atoms with Crippen molar-refractivity contribution < 1.29 is 13.6 Å².